The molecule has 0 heterocycles. The van der Waals surface area contributed by atoms with E-state index in [1.165, 1.54) is 0 Å². The number of halogens is 23. The Morgan fingerprint density at radius 2 is 0.775 bits per heavy atom. The number of rotatable bonds is 10. The van der Waals surface area contributed by atoms with Crippen LogP contribution in [-0.4, -0.2) is 88.7 Å². The Bertz CT molecular complexity index is 898. The minimum absolute atomic E-state index is 2.24. The second-order valence-corrected chi connectivity index (χ2v) is 7.36. The van der Waals surface area contributed by atoms with E-state index in [0.717, 1.165) is 0 Å². The molecule has 0 fully saturated rings. The molecule has 3 nitrogen and oxygen atoms in total. The quantitative estimate of drug-likeness (QED) is 0.243. The minimum atomic E-state index is -9.03. The highest BCUT2D eigenvalue weighted by Crippen LogP contribution is 2.64. The van der Waals surface area contributed by atoms with Gasteiger partial charge in [0, 0.05) is 13.0 Å². The first kappa shape index (κ1) is 37.7. The van der Waals surface area contributed by atoms with Gasteiger partial charge in [0.15, 0.2) is 0 Å². The van der Waals surface area contributed by atoms with Crippen LogP contribution in [0.4, 0.5) is 106 Å². The average molecular weight is 657 g/mol. The lowest BCUT2D eigenvalue weighted by molar-refractivity contribution is -0.461. The summed E-state index contributed by atoms with van der Waals surface area (Å²) in [6, 6.07) is -5.41. The van der Waals surface area contributed by atoms with Gasteiger partial charge in [-0.2, -0.15) is 101 Å². The molecule has 0 spiro atoms. The van der Waals surface area contributed by atoms with E-state index in [4.69, 9.17) is 5.11 Å². The number of hydrogen-bond donors (Lipinski definition) is 1. The third kappa shape index (κ3) is 5.70. The van der Waals surface area contributed by atoms with Crippen LogP contribution in [0, 0.1) is 0 Å². The van der Waals surface area contributed by atoms with Gasteiger partial charge in [-0.1, -0.05) is 0 Å². The number of hydrogen-bond acceptors (Lipinski definition) is 1. The summed E-state index contributed by atoms with van der Waals surface area (Å²) in [7, 11) is 0. The molecule has 0 radical (unpaired) electrons. The number of carbonyl (C=O) groups is 1. The van der Waals surface area contributed by atoms with Gasteiger partial charge < -0.3 is 5.11 Å². The Morgan fingerprint density at radius 3 is 1.02 bits per heavy atom. The van der Waals surface area contributed by atoms with E-state index in [2.05, 4.69) is 0 Å². The number of alkyl halides is 23. The summed E-state index contributed by atoms with van der Waals surface area (Å²) in [5.74, 6) is -60.0. The highest BCUT2D eigenvalue weighted by atomic mass is 19.4. The summed E-state index contributed by atoms with van der Waals surface area (Å²) >= 11 is 0. The van der Waals surface area contributed by atoms with Crippen LogP contribution < -0.4 is 0 Å². The Hall–Kier alpha value is -2.34. The summed E-state index contributed by atoms with van der Waals surface area (Å²) in [5, 5.41) is 8.38. The fourth-order valence-electron chi connectivity index (χ4n) is 2.49. The maximum Gasteiger partial charge on any atom is 0.460 e. The van der Waals surface area contributed by atoms with Gasteiger partial charge in [0.2, 0.25) is 6.04 Å². The monoisotopic (exact) mass is 657 g/mol. The Morgan fingerprint density at radius 1 is 0.500 bits per heavy atom. The van der Waals surface area contributed by atoms with E-state index < -0.39 is 90.0 Å². The Labute approximate surface area is 202 Å². The lowest BCUT2D eigenvalue weighted by Gasteiger charge is -2.43. The third-order valence-corrected chi connectivity index (χ3v) is 4.63. The van der Waals surface area contributed by atoms with E-state index in [9.17, 15) is 106 Å². The summed E-state index contributed by atoms with van der Waals surface area (Å²) < 4.78 is 298. The van der Waals surface area contributed by atoms with Gasteiger partial charge >= 0.3 is 66.1 Å². The summed E-state index contributed by atoms with van der Waals surface area (Å²) in [4.78, 5) is 8.41. The van der Waals surface area contributed by atoms with Crippen molar-refractivity contribution in [3.05, 3.63) is 0 Å². The SMILES string of the molecule is O=C(O)N(CCC(F)(F)C(F)(F)C(F)(F)C(F)(F)C(F)(F)C(F)(F)C(F)(F)C(F)(F)F)C(C(F)(F)F)C(F)(F)F. The van der Waals surface area contributed by atoms with Crippen molar-refractivity contribution < 1.29 is 111 Å². The van der Waals surface area contributed by atoms with Gasteiger partial charge in [-0.25, -0.2) is 4.79 Å². The molecule has 0 aromatic heterocycles. The number of carboxylic acid groups (broad SMARTS) is 1. The maximum atomic E-state index is 13.7. The molecule has 0 aromatic rings. The normalized spacial score (nSPS) is 16.0. The van der Waals surface area contributed by atoms with Gasteiger partial charge in [-0.15, -0.1) is 0 Å². The molecule has 0 bridgehead atoms. The molecular weight excluding hydrogens is 651 g/mol. The summed E-state index contributed by atoms with van der Waals surface area (Å²) in [6.45, 7) is -3.32. The molecule has 1 N–H and O–H groups in total. The van der Waals surface area contributed by atoms with Crippen molar-refractivity contribution in [3.63, 3.8) is 0 Å². The zero-order valence-corrected chi connectivity index (χ0v) is 17.5. The molecule has 0 aliphatic carbocycles. The van der Waals surface area contributed by atoms with Crippen LogP contribution in [0.15, 0.2) is 0 Å². The zero-order valence-electron chi connectivity index (χ0n) is 17.5. The van der Waals surface area contributed by atoms with Crippen LogP contribution in [-0.2, 0) is 0 Å². The van der Waals surface area contributed by atoms with Crippen LogP contribution in [0.5, 0.6) is 0 Å². The predicted octanol–water partition coefficient (Wildman–Crippen LogP) is 7.86. The predicted molar refractivity (Wildman–Crippen MR) is 75.9 cm³/mol. The molecule has 40 heavy (non-hydrogen) atoms. The largest absolute Gasteiger partial charge is 0.465 e. The first-order valence-electron chi connectivity index (χ1n) is 8.75. The van der Waals surface area contributed by atoms with Crippen molar-refractivity contribution in [1.82, 2.24) is 4.90 Å². The van der Waals surface area contributed by atoms with Crippen molar-refractivity contribution in [2.75, 3.05) is 6.54 Å². The Balaban J connectivity index is 6.74. The van der Waals surface area contributed by atoms with Crippen LogP contribution in [0.25, 0.3) is 0 Å². The average Bonchev–Trinajstić information content (AvgIpc) is 2.66. The molecule has 0 saturated heterocycles. The lowest BCUT2D eigenvalue weighted by atomic mass is 9.88. The van der Waals surface area contributed by atoms with Gasteiger partial charge in [0.25, 0.3) is 0 Å². The summed E-state index contributed by atoms with van der Waals surface area (Å²) in [5.41, 5.74) is 0. The second-order valence-electron chi connectivity index (χ2n) is 7.36. The lowest BCUT2D eigenvalue weighted by Crippen LogP contribution is -2.74. The molecule has 0 aliphatic heterocycles. The molecule has 240 valence electrons. The van der Waals surface area contributed by atoms with Gasteiger partial charge in [-0.3, -0.25) is 4.90 Å². The molecule has 1 amide bonds. The fourth-order valence-corrected chi connectivity index (χ4v) is 2.49. The van der Waals surface area contributed by atoms with Gasteiger partial charge in [0.05, 0.1) is 0 Å². The third-order valence-electron chi connectivity index (χ3n) is 4.63. The van der Waals surface area contributed by atoms with Crippen molar-refractivity contribution >= 4 is 6.09 Å². The van der Waals surface area contributed by atoms with Crippen molar-refractivity contribution in [2.45, 2.75) is 72.4 Å². The molecule has 26 heteroatoms. The van der Waals surface area contributed by atoms with E-state index in [1.54, 1.807) is 0 Å². The van der Waals surface area contributed by atoms with Crippen molar-refractivity contribution in [1.29, 1.82) is 0 Å². The zero-order chi connectivity index (χ0) is 33.1. The number of amides is 1. The van der Waals surface area contributed by atoms with Crippen molar-refractivity contribution in [3.8, 4) is 0 Å². The smallest absolute Gasteiger partial charge is 0.460 e. The van der Waals surface area contributed by atoms with E-state index in [1.807, 2.05) is 0 Å². The topological polar surface area (TPSA) is 40.5 Å². The van der Waals surface area contributed by atoms with Gasteiger partial charge in [-0.05, 0) is 0 Å². The highest BCUT2D eigenvalue weighted by molar-refractivity contribution is 5.65. The first-order chi connectivity index (χ1) is 16.9. The summed E-state index contributed by atoms with van der Waals surface area (Å²) in [6.07, 6.45) is -29.1. The molecule has 0 aromatic carbocycles. The molecule has 0 aliphatic rings. The molecule has 0 saturated carbocycles. The molecule has 0 unspecified atom stereocenters. The second kappa shape index (κ2) is 9.89. The van der Waals surface area contributed by atoms with Crippen LogP contribution in [0.3, 0.4) is 0 Å². The standard InChI is InChI=1S/C14H6F23NO2/c15-5(16,1-2-38(4(39)40)3(6(17,18)19)7(20,21)22)8(23,24)9(25,26)10(27,28)11(29,30)12(31,32)13(33,34)14(35,36)37/h3H,1-2H2,(H,39,40). The molecule has 0 rings (SSSR count). The van der Waals surface area contributed by atoms with Crippen LogP contribution in [0.1, 0.15) is 6.42 Å². The number of nitrogens with zero attached hydrogens (tertiary/aromatic N) is 1. The Kier molecular flexibility index (Phi) is 9.31. The van der Waals surface area contributed by atoms with E-state index in [-0.39, 0.29) is 0 Å². The van der Waals surface area contributed by atoms with E-state index in [0.29, 0.717) is 0 Å². The molecular formula is C14H6F23NO2. The van der Waals surface area contributed by atoms with Crippen LogP contribution in [0.2, 0.25) is 0 Å². The maximum absolute atomic E-state index is 13.7. The molecule has 0 atom stereocenters. The van der Waals surface area contributed by atoms with E-state index >= 15 is 0 Å². The minimum Gasteiger partial charge on any atom is -0.465 e. The van der Waals surface area contributed by atoms with Gasteiger partial charge in [0.1, 0.15) is 0 Å². The van der Waals surface area contributed by atoms with Crippen molar-refractivity contribution in [2.24, 2.45) is 0 Å². The highest BCUT2D eigenvalue weighted by Gasteiger charge is 2.95. The fraction of sp³-hybridized carbons (Fsp3) is 0.929. The van der Waals surface area contributed by atoms with Crippen LogP contribution >= 0.6 is 0 Å². The first-order valence-corrected chi connectivity index (χ1v) is 8.75.